The second-order valence-corrected chi connectivity index (χ2v) is 10.4. The molecule has 0 spiro atoms. The van der Waals surface area contributed by atoms with Crippen molar-refractivity contribution < 1.29 is 22.7 Å². The summed E-state index contributed by atoms with van der Waals surface area (Å²) in [4.78, 5) is 15.1. The smallest absolute Gasteiger partial charge is 0.380 e. The summed E-state index contributed by atoms with van der Waals surface area (Å²) in [5.41, 5.74) is 6.61. The fourth-order valence-corrected chi connectivity index (χ4v) is 6.43. The minimum absolute atomic E-state index is 0.0236. The summed E-state index contributed by atoms with van der Waals surface area (Å²) in [6.07, 6.45) is -0.647. The van der Waals surface area contributed by atoms with E-state index in [1.165, 1.54) is 7.11 Å². The van der Waals surface area contributed by atoms with E-state index < -0.39 is 24.1 Å². The SMILES string of the molecule is COC1C(C(=O)NC2CCCC([C@H](C)SC3NNCN3C)C2)CCCC1C(F)(F)F. The Bertz CT molecular complexity index is 583. The number of nitrogens with one attached hydrogen (secondary N) is 3. The number of methoxy groups -OCH3 is 1. The molecule has 0 radical (unpaired) electrons. The van der Waals surface area contributed by atoms with Crippen LogP contribution < -0.4 is 16.2 Å². The molecule has 0 aromatic carbocycles. The van der Waals surface area contributed by atoms with Gasteiger partial charge in [0.25, 0.3) is 0 Å². The molecular weight excluding hydrogens is 417 g/mol. The van der Waals surface area contributed by atoms with Crippen molar-refractivity contribution in [3.05, 3.63) is 0 Å². The molecule has 6 nitrogen and oxygen atoms in total. The van der Waals surface area contributed by atoms with Gasteiger partial charge in [0, 0.05) is 18.4 Å². The first-order chi connectivity index (χ1) is 14.2. The third kappa shape index (κ3) is 5.82. The van der Waals surface area contributed by atoms with Gasteiger partial charge in [-0.2, -0.15) is 13.2 Å². The van der Waals surface area contributed by atoms with Crippen molar-refractivity contribution in [3.63, 3.8) is 0 Å². The van der Waals surface area contributed by atoms with Crippen LogP contribution in [0.2, 0.25) is 0 Å². The first kappa shape index (κ1) is 24.1. The average Bonchev–Trinajstić information content (AvgIpc) is 3.11. The number of ether oxygens (including phenoxy) is 1. The van der Waals surface area contributed by atoms with Crippen molar-refractivity contribution >= 4 is 17.7 Å². The van der Waals surface area contributed by atoms with Gasteiger partial charge >= 0.3 is 6.18 Å². The van der Waals surface area contributed by atoms with Gasteiger partial charge in [0.15, 0.2) is 0 Å². The van der Waals surface area contributed by atoms with Crippen molar-refractivity contribution in [3.8, 4) is 0 Å². The second-order valence-electron chi connectivity index (χ2n) is 8.95. The van der Waals surface area contributed by atoms with E-state index in [-0.39, 0.29) is 23.9 Å². The molecule has 0 aromatic heterocycles. The molecule has 2 aliphatic carbocycles. The van der Waals surface area contributed by atoms with Crippen LogP contribution in [0, 0.1) is 17.8 Å². The number of thioether (sulfide) groups is 1. The van der Waals surface area contributed by atoms with E-state index >= 15 is 0 Å². The summed E-state index contributed by atoms with van der Waals surface area (Å²) >= 11 is 1.87. The highest BCUT2D eigenvalue weighted by Gasteiger charge is 2.51. The number of amides is 1. The minimum atomic E-state index is -4.33. The number of alkyl halides is 3. The fraction of sp³-hybridized carbons (Fsp3) is 0.950. The summed E-state index contributed by atoms with van der Waals surface area (Å²) in [7, 11) is 3.35. The standard InChI is InChI=1S/C20H35F3N4O2S/c1-12(30-19-26-24-11-27(19)2)13-6-4-7-14(10-13)25-18(28)15-8-5-9-16(17(15)29-3)20(21,22)23/h12-17,19,24,26H,4-11H2,1-3H3,(H,25,28)/t12-,13?,14?,15?,16?,17?,19?/m0/s1. The number of hydrazine groups is 1. The lowest BCUT2D eigenvalue weighted by Gasteiger charge is -2.39. The van der Waals surface area contributed by atoms with E-state index in [9.17, 15) is 18.0 Å². The summed E-state index contributed by atoms with van der Waals surface area (Å²) in [5.74, 6) is -2.10. The first-order valence-corrected chi connectivity index (χ1v) is 11.9. The molecule has 1 amide bonds. The van der Waals surface area contributed by atoms with Crippen LogP contribution in [0.15, 0.2) is 0 Å². The lowest BCUT2D eigenvalue weighted by atomic mass is 9.77. The van der Waals surface area contributed by atoms with Crippen LogP contribution in [0.3, 0.4) is 0 Å². The summed E-state index contributed by atoms with van der Waals surface area (Å²) in [6, 6.07) is 0.0236. The summed E-state index contributed by atoms with van der Waals surface area (Å²) in [5, 5.41) is 3.50. The molecule has 3 N–H and O–H groups in total. The molecule has 0 aromatic rings. The molecule has 30 heavy (non-hydrogen) atoms. The summed E-state index contributed by atoms with van der Waals surface area (Å²) in [6.45, 7) is 3.03. The zero-order valence-corrected chi connectivity index (χ0v) is 18.8. The monoisotopic (exact) mass is 452 g/mol. The van der Waals surface area contributed by atoms with Crippen LogP contribution >= 0.6 is 11.8 Å². The van der Waals surface area contributed by atoms with E-state index in [4.69, 9.17) is 4.74 Å². The van der Waals surface area contributed by atoms with E-state index in [1.54, 1.807) is 0 Å². The van der Waals surface area contributed by atoms with Crippen molar-refractivity contribution in [1.29, 1.82) is 0 Å². The Hall–Kier alpha value is -0.550. The minimum Gasteiger partial charge on any atom is -0.380 e. The molecule has 6 unspecified atom stereocenters. The van der Waals surface area contributed by atoms with Crippen LogP contribution in [-0.4, -0.2) is 60.7 Å². The van der Waals surface area contributed by atoms with E-state index in [0.717, 1.165) is 32.4 Å². The van der Waals surface area contributed by atoms with Crippen molar-refractivity contribution in [2.75, 3.05) is 20.8 Å². The van der Waals surface area contributed by atoms with Gasteiger partial charge in [-0.25, -0.2) is 10.9 Å². The maximum atomic E-state index is 13.4. The quantitative estimate of drug-likeness (QED) is 0.576. The van der Waals surface area contributed by atoms with Crippen molar-refractivity contribution in [2.45, 2.75) is 80.9 Å². The van der Waals surface area contributed by atoms with Gasteiger partial charge in [0.2, 0.25) is 5.91 Å². The van der Waals surface area contributed by atoms with Gasteiger partial charge < -0.3 is 10.1 Å². The van der Waals surface area contributed by atoms with E-state index in [1.807, 2.05) is 11.8 Å². The van der Waals surface area contributed by atoms with E-state index in [0.29, 0.717) is 24.0 Å². The molecule has 174 valence electrons. The highest BCUT2D eigenvalue weighted by atomic mass is 32.2. The predicted molar refractivity (Wildman–Crippen MR) is 111 cm³/mol. The molecule has 3 aliphatic rings. The van der Waals surface area contributed by atoms with Gasteiger partial charge in [0.05, 0.1) is 24.6 Å². The Labute approximate surface area is 181 Å². The topological polar surface area (TPSA) is 65.6 Å². The Balaban J connectivity index is 1.55. The third-order valence-corrected chi connectivity index (χ3v) is 8.43. The number of rotatable bonds is 6. The lowest BCUT2D eigenvalue weighted by Crippen LogP contribution is -2.51. The van der Waals surface area contributed by atoms with Gasteiger partial charge in [0.1, 0.15) is 5.50 Å². The zero-order valence-electron chi connectivity index (χ0n) is 18.0. The largest absolute Gasteiger partial charge is 0.394 e. The second kappa shape index (κ2) is 10.4. The molecule has 7 atom stereocenters. The maximum Gasteiger partial charge on any atom is 0.394 e. The molecule has 0 bridgehead atoms. The third-order valence-electron chi connectivity index (χ3n) is 6.88. The molecule has 10 heteroatoms. The lowest BCUT2D eigenvalue weighted by molar-refractivity contribution is -0.220. The molecule has 1 heterocycles. The van der Waals surface area contributed by atoms with Crippen molar-refractivity contribution in [1.82, 2.24) is 21.1 Å². The van der Waals surface area contributed by atoms with Gasteiger partial charge in [-0.3, -0.25) is 9.69 Å². The summed E-state index contributed by atoms with van der Waals surface area (Å²) < 4.78 is 45.3. The fourth-order valence-electron chi connectivity index (χ4n) is 5.12. The molecule has 1 saturated heterocycles. The normalized spacial score (nSPS) is 37.1. The number of hydrogen-bond donors (Lipinski definition) is 3. The molecule has 1 aliphatic heterocycles. The highest BCUT2D eigenvalue weighted by Crippen LogP contribution is 2.42. The highest BCUT2D eigenvalue weighted by molar-refractivity contribution is 8.00. The Kier molecular flexibility index (Phi) is 8.34. The number of hydrogen-bond acceptors (Lipinski definition) is 6. The molecular formula is C20H35F3N4O2S. The Morgan fingerprint density at radius 1 is 1.23 bits per heavy atom. The van der Waals surface area contributed by atoms with Gasteiger partial charge in [-0.05, 0) is 45.1 Å². The number of carbonyl (C=O) groups excluding carboxylic acids is 1. The van der Waals surface area contributed by atoms with Crippen molar-refractivity contribution in [2.24, 2.45) is 17.8 Å². The number of carbonyl (C=O) groups is 1. The Morgan fingerprint density at radius 2 is 1.97 bits per heavy atom. The first-order valence-electron chi connectivity index (χ1n) is 10.9. The Morgan fingerprint density at radius 3 is 2.60 bits per heavy atom. The van der Waals surface area contributed by atoms with Crippen LogP contribution in [0.4, 0.5) is 13.2 Å². The number of nitrogens with zero attached hydrogens (tertiary/aromatic N) is 1. The predicted octanol–water partition coefficient (Wildman–Crippen LogP) is 3.06. The van der Waals surface area contributed by atoms with Gasteiger partial charge in [-0.15, -0.1) is 11.8 Å². The number of halogens is 3. The zero-order chi connectivity index (χ0) is 21.9. The average molecular weight is 453 g/mol. The maximum absolute atomic E-state index is 13.4. The van der Waals surface area contributed by atoms with Crippen LogP contribution in [-0.2, 0) is 9.53 Å². The molecule has 3 fully saturated rings. The van der Waals surface area contributed by atoms with Crippen LogP contribution in [0.1, 0.15) is 51.9 Å². The molecule has 3 rings (SSSR count). The van der Waals surface area contributed by atoms with Crippen LogP contribution in [0.5, 0.6) is 0 Å². The van der Waals surface area contributed by atoms with Gasteiger partial charge in [-0.1, -0.05) is 19.8 Å². The molecule has 2 saturated carbocycles. The van der Waals surface area contributed by atoms with Crippen LogP contribution in [0.25, 0.3) is 0 Å². The van der Waals surface area contributed by atoms with E-state index in [2.05, 4.69) is 35.0 Å².